The fraction of sp³-hybridized carbons (Fsp3) is 0.133. The molecule has 102 valence electrons. The topological polar surface area (TPSA) is 69.4 Å². The van der Waals surface area contributed by atoms with E-state index in [0.717, 1.165) is 0 Å². The molecule has 0 N–H and O–H groups in total. The number of benzene rings is 2. The van der Waals surface area contributed by atoms with Crippen molar-refractivity contribution in [2.45, 2.75) is 6.42 Å². The number of nitro groups is 1. The van der Waals surface area contributed by atoms with Gasteiger partial charge in [-0.05, 0) is 6.07 Å². The van der Waals surface area contributed by atoms with Crippen LogP contribution in [0.25, 0.3) is 0 Å². The highest BCUT2D eigenvalue weighted by Crippen LogP contribution is 2.25. The molecule has 0 heterocycles. The van der Waals surface area contributed by atoms with Gasteiger partial charge < -0.3 is 4.74 Å². The molecule has 0 aliphatic carbocycles. The number of carbonyl (C=O) groups excluding carboxylic acids is 1. The van der Waals surface area contributed by atoms with Crippen molar-refractivity contribution in [1.82, 2.24) is 0 Å². The highest BCUT2D eigenvalue weighted by atomic mass is 16.6. The van der Waals surface area contributed by atoms with Crippen molar-refractivity contribution in [2.75, 3.05) is 6.61 Å². The highest BCUT2D eigenvalue weighted by molar-refractivity contribution is 5.96. The van der Waals surface area contributed by atoms with E-state index in [9.17, 15) is 14.9 Å². The van der Waals surface area contributed by atoms with Gasteiger partial charge in [0.25, 0.3) is 0 Å². The molecule has 5 heteroatoms. The van der Waals surface area contributed by atoms with E-state index >= 15 is 0 Å². The van der Waals surface area contributed by atoms with Gasteiger partial charge in [0.05, 0.1) is 11.5 Å². The average molecular weight is 271 g/mol. The van der Waals surface area contributed by atoms with E-state index in [0.29, 0.717) is 5.56 Å². The minimum Gasteiger partial charge on any atom is -0.486 e. The Hall–Kier alpha value is -2.69. The monoisotopic (exact) mass is 271 g/mol. The Morgan fingerprint density at radius 2 is 1.70 bits per heavy atom. The molecule has 2 aromatic rings. The molecule has 0 saturated carbocycles. The molecule has 0 aliphatic heterocycles. The second-order valence-corrected chi connectivity index (χ2v) is 4.11. The summed E-state index contributed by atoms with van der Waals surface area (Å²) in [4.78, 5) is 22.1. The molecule has 0 spiro atoms. The van der Waals surface area contributed by atoms with Crippen LogP contribution < -0.4 is 4.74 Å². The zero-order chi connectivity index (χ0) is 14.4. The van der Waals surface area contributed by atoms with Gasteiger partial charge in [0.1, 0.15) is 0 Å². The first-order valence-electron chi connectivity index (χ1n) is 6.13. The van der Waals surface area contributed by atoms with Crippen LogP contribution in [0.15, 0.2) is 54.6 Å². The van der Waals surface area contributed by atoms with Crippen LogP contribution in [0.4, 0.5) is 5.69 Å². The summed E-state index contributed by atoms with van der Waals surface area (Å²) in [6.07, 6.45) is 0.177. The van der Waals surface area contributed by atoms with Crippen molar-refractivity contribution in [3.8, 4) is 5.75 Å². The Labute approximate surface area is 116 Å². The Kier molecular flexibility index (Phi) is 4.44. The van der Waals surface area contributed by atoms with E-state index in [2.05, 4.69) is 0 Å². The predicted molar refractivity (Wildman–Crippen MR) is 74.0 cm³/mol. The molecule has 0 amide bonds. The third-order valence-corrected chi connectivity index (χ3v) is 2.74. The van der Waals surface area contributed by atoms with Crippen LogP contribution in [-0.2, 0) is 0 Å². The number of rotatable bonds is 6. The van der Waals surface area contributed by atoms with Crippen LogP contribution in [0.1, 0.15) is 16.8 Å². The Balaban J connectivity index is 1.94. The van der Waals surface area contributed by atoms with E-state index in [1.807, 2.05) is 6.07 Å². The van der Waals surface area contributed by atoms with Crippen molar-refractivity contribution < 1.29 is 14.5 Å². The number of nitrogens with zero attached hydrogens (tertiary/aromatic N) is 1. The van der Waals surface area contributed by atoms with Gasteiger partial charge in [0.2, 0.25) is 0 Å². The van der Waals surface area contributed by atoms with Crippen LogP contribution in [0.3, 0.4) is 0 Å². The first kappa shape index (κ1) is 13.7. The second kappa shape index (κ2) is 6.47. The molecule has 20 heavy (non-hydrogen) atoms. The highest BCUT2D eigenvalue weighted by Gasteiger charge is 2.14. The number of carbonyl (C=O) groups is 1. The van der Waals surface area contributed by atoms with E-state index in [1.54, 1.807) is 36.4 Å². The van der Waals surface area contributed by atoms with Gasteiger partial charge in [-0.2, -0.15) is 0 Å². The van der Waals surface area contributed by atoms with Crippen LogP contribution >= 0.6 is 0 Å². The summed E-state index contributed by atoms with van der Waals surface area (Å²) in [5.74, 6) is 0.127. The molecule has 0 bridgehead atoms. The lowest BCUT2D eigenvalue weighted by Crippen LogP contribution is -2.07. The maximum atomic E-state index is 11.8. The Bertz CT molecular complexity index is 610. The first-order valence-corrected chi connectivity index (χ1v) is 6.13. The number of Topliss-reactive ketones (excluding diaryl/α,β-unsaturated/α-hetero) is 1. The van der Waals surface area contributed by atoms with Gasteiger partial charge >= 0.3 is 5.69 Å². The summed E-state index contributed by atoms with van der Waals surface area (Å²) in [6.45, 7) is 0.110. The van der Waals surface area contributed by atoms with E-state index in [4.69, 9.17) is 4.74 Å². The fourth-order valence-electron chi connectivity index (χ4n) is 1.75. The molecule has 0 unspecified atom stereocenters. The number of ether oxygens (including phenoxy) is 1. The lowest BCUT2D eigenvalue weighted by Gasteiger charge is -2.06. The quantitative estimate of drug-likeness (QED) is 0.459. The molecule has 2 aromatic carbocycles. The molecular formula is C15H13NO4. The number of hydrogen-bond donors (Lipinski definition) is 0. The van der Waals surface area contributed by atoms with E-state index in [1.165, 1.54) is 12.1 Å². The van der Waals surface area contributed by atoms with Crippen molar-refractivity contribution >= 4 is 11.5 Å². The molecule has 0 aliphatic rings. The van der Waals surface area contributed by atoms with Crippen LogP contribution in [0.2, 0.25) is 0 Å². The molecule has 2 rings (SSSR count). The standard InChI is InChI=1S/C15H13NO4/c17-14(12-6-2-1-3-7-12)10-11-20-15-9-5-4-8-13(15)16(18)19/h1-9H,10-11H2. The maximum absolute atomic E-state index is 11.8. The molecule has 5 nitrogen and oxygen atoms in total. The normalized spacial score (nSPS) is 10.0. The second-order valence-electron chi connectivity index (χ2n) is 4.11. The number of nitro benzene ring substituents is 1. The third-order valence-electron chi connectivity index (χ3n) is 2.74. The van der Waals surface area contributed by atoms with Crippen LogP contribution in [0.5, 0.6) is 5.75 Å². The van der Waals surface area contributed by atoms with Crippen molar-refractivity contribution in [3.05, 3.63) is 70.3 Å². The Morgan fingerprint density at radius 1 is 1.05 bits per heavy atom. The smallest absolute Gasteiger partial charge is 0.310 e. The van der Waals surface area contributed by atoms with Crippen molar-refractivity contribution in [2.24, 2.45) is 0 Å². The van der Waals surface area contributed by atoms with Gasteiger partial charge in [0, 0.05) is 18.1 Å². The van der Waals surface area contributed by atoms with Gasteiger partial charge in [0.15, 0.2) is 11.5 Å². The van der Waals surface area contributed by atoms with Gasteiger partial charge in [-0.15, -0.1) is 0 Å². The van der Waals surface area contributed by atoms with Gasteiger partial charge in [-0.25, -0.2) is 0 Å². The lowest BCUT2D eigenvalue weighted by molar-refractivity contribution is -0.385. The predicted octanol–water partition coefficient (Wildman–Crippen LogP) is 3.25. The zero-order valence-electron chi connectivity index (χ0n) is 10.7. The van der Waals surface area contributed by atoms with Crippen molar-refractivity contribution in [3.63, 3.8) is 0 Å². The SMILES string of the molecule is O=C(CCOc1ccccc1[N+](=O)[O-])c1ccccc1. The lowest BCUT2D eigenvalue weighted by atomic mass is 10.1. The third kappa shape index (κ3) is 3.41. The number of hydrogen-bond acceptors (Lipinski definition) is 4. The summed E-state index contributed by atoms with van der Waals surface area (Å²) in [7, 11) is 0. The molecule has 0 fully saturated rings. The number of ketones is 1. The maximum Gasteiger partial charge on any atom is 0.310 e. The molecule has 0 saturated heterocycles. The molecular weight excluding hydrogens is 258 g/mol. The van der Waals surface area contributed by atoms with E-state index < -0.39 is 4.92 Å². The number of para-hydroxylation sites is 2. The Morgan fingerprint density at radius 3 is 2.40 bits per heavy atom. The average Bonchev–Trinajstić information content (AvgIpc) is 2.48. The summed E-state index contributed by atoms with van der Waals surface area (Å²) in [6, 6.07) is 15.0. The molecule has 0 radical (unpaired) electrons. The van der Waals surface area contributed by atoms with Gasteiger partial charge in [-0.3, -0.25) is 14.9 Å². The van der Waals surface area contributed by atoms with E-state index in [-0.39, 0.29) is 30.2 Å². The van der Waals surface area contributed by atoms with Crippen molar-refractivity contribution in [1.29, 1.82) is 0 Å². The minimum absolute atomic E-state index is 0.0517. The largest absolute Gasteiger partial charge is 0.486 e. The molecule has 0 atom stereocenters. The van der Waals surface area contributed by atoms with Crippen LogP contribution in [-0.4, -0.2) is 17.3 Å². The zero-order valence-corrected chi connectivity index (χ0v) is 10.7. The molecule has 0 aromatic heterocycles. The minimum atomic E-state index is -0.506. The summed E-state index contributed by atoms with van der Waals surface area (Å²) < 4.78 is 5.33. The fourth-order valence-corrected chi connectivity index (χ4v) is 1.75. The summed E-state index contributed by atoms with van der Waals surface area (Å²) >= 11 is 0. The van der Waals surface area contributed by atoms with Gasteiger partial charge in [-0.1, -0.05) is 42.5 Å². The summed E-state index contributed by atoms with van der Waals surface area (Å²) in [5.41, 5.74) is 0.512. The van der Waals surface area contributed by atoms with Crippen LogP contribution in [0, 0.1) is 10.1 Å². The first-order chi connectivity index (χ1) is 9.68. The summed E-state index contributed by atoms with van der Waals surface area (Å²) in [5, 5.41) is 10.8.